The summed E-state index contributed by atoms with van der Waals surface area (Å²) in [6, 6.07) is 47.7. The number of hydrogen-bond donors (Lipinski definition) is 0. The first-order valence-electron chi connectivity index (χ1n) is 12.8. The molecule has 0 amide bonds. The maximum Gasteiger partial charge on any atom is 0.0895 e. The van der Waals surface area contributed by atoms with Crippen LogP contribution >= 0.6 is 11.3 Å². The first kappa shape index (κ1) is 21.4. The standard InChI is InChI=1S/C35H22N2S/c1-5-16-30(37-31-17-6-2-13-26(31)27-14-3-7-18-32(27)37)25(12-1)23-10-9-11-24(22-23)29-20-21-34-35(36-29)28-15-4-8-19-33(28)38-34/h1-22H. The van der Waals surface area contributed by atoms with E-state index in [1.54, 1.807) is 11.3 Å². The smallest absolute Gasteiger partial charge is 0.0895 e. The Morgan fingerprint density at radius 3 is 1.97 bits per heavy atom. The Bertz CT molecular complexity index is 2090. The molecule has 0 saturated heterocycles. The molecule has 0 fully saturated rings. The number of para-hydroxylation sites is 3. The number of fused-ring (bicyclic) bond motifs is 6. The van der Waals surface area contributed by atoms with E-state index in [1.165, 1.54) is 53.4 Å². The average molecular weight is 503 g/mol. The van der Waals surface area contributed by atoms with Gasteiger partial charge in [0.05, 0.1) is 32.6 Å². The van der Waals surface area contributed by atoms with Crippen LogP contribution in [0.2, 0.25) is 0 Å². The minimum atomic E-state index is 0.997. The third-order valence-corrected chi connectivity index (χ3v) is 8.54. The molecular weight excluding hydrogens is 480 g/mol. The minimum Gasteiger partial charge on any atom is -0.309 e. The zero-order valence-electron chi connectivity index (χ0n) is 20.5. The second-order valence-electron chi connectivity index (χ2n) is 9.61. The molecule has 0 bridgehead atoms. The summed E-state index contributed by atoms with van der Waals surface area (Å²) in [6.07, 6.45) is 0. The lowest BCUT2D eigenvalue weighted by Gasteiger charge is -2.14. The van der Waals surface area contributed by atoms with E-state index in [0.29, 0.717) is 0 Å². The third-order valence-electron chi connectivity index (χ3n) is 7.41. The number of benzene rings is 5. The van der Waals surface area contributed by atoms with Gasteiger partial charge < -0.3 is 4.57 Å². The Balaban J connectivity index is 1.32. The molecule has 3 aromatic heterocycles. The van der Waals surface area contributed by atoms with Crippen LogP contribution in [0.25, 0.3) is 70.2 Å². The van der Waals surface area contributed by atoms with Crippen molar-refractivity contribution in [2.75, 3.05) is 0 Å². The molecule has 0 N–H and O–H groups in total. The van der Waals surface area contributed by atoms with E-state index in [0.717, 1.165) is 16.8 Å². The summed E-state index contributed by atoms with van der Waals surface area (Å²) in [6.45, 7) is 0. The highest BCUT2D eigenvalue weighted by Crippen LogP contribution is 2.38. The van der Waals surface area contributed by atoms with Crippen molar-refractivity contribution in [2.24, 2.45) is 0 Å². The minimum absolute atomic E-state index is 0.997. The van der Waals surface area contributed by atoms with Crippen LogP contribution in [0.1, 0.15) is 0 Å². The second kappa shape index (κ2) is 8.41. The first-order chi connectivity index (χ1) is 18.8. The lowest BCUT2D eigenvalue weighted by atomic mass is 9.99. The number of pyridine rings is 1. The number of thiophene rings is 1. The predicted octanol–water partition coefficient (Wildman–Crippen LogP) is 9.88. The lowest BCUT2D eigenvalue weighted by molar-refractivity contribution is 1.18. The van der Waals surface area contributed by atoms with Crippen LogP contribution in [0.3, 0.4) is 0 Å². The van der Waals surface area contributed by atoms with Crippen LogP contribution in [0, 0.1) is 0 Å². The molecule has 0 saturated carbocycles. The van der Waals surface area contributed by atoms with Crippen molar-refractivity contribution in [3.63, 3.8) is 0 Å². The Morgan fingerprint density at radius 2 is 1.16 bits per heavy atom. The summed E-state index contributed by atoms with van der Waals surface area (Å²) in [4.78, 5) is 5.13. The fourth-order valence-electron chi connectivity index (χ4n) is 5.69. The summed E-state index contributed by atoms with van der Waals surface area (Å²) in [5.74, 6) is 0. The predicted molar refractivity (Wildman–Crippen MR) is 162 cm³/mol. The van der Waals surface area contributed by atoms with Crippen LogP contribution in [0.15, 0.2) is 133 Å². The van der Waals surface area contributed by atoms with Crippen molar-refractivity contribution >= 4 is 53.4 Å². The Labute approximate surface area is 224 Å². The molecule has 8 aromatic rings. The van der Waals surface area contributed by atoms with Crippen molar-refractivity contribution in [2.45, 2.75) is 0 Å². The molecule has 5 aromatic carbocycles. The van der Waals surface area contributed by atoms with Gasteiger partial charge in [0.15, 0.2) is 0 Å². The summed E-state index contributed by atoms with van der Waals surface area (Å²) >= 11 is 1.80. The zero-order valence-corrected chi connectivity index (χ0v) is 21.3. The molecule has 0 spiro atoms. The monoisotopic (exact) mass is 502 g/mol. The van der Waals surface area contributed by atoms with Gasteiger partial charge in [-0.05, 0) is 48.0 Å². The second-order valence-corrected chi connectivity index (χ2v) is 10.7. The van der Waals surface area contributed by atoms with Gasteiger partial charge in [0.25, 0.3) is 0 Å². The molecule has 0 aliphatic carbocycles. The van der Waals surface area contributed by atoms with E-state index >= 15 is 0 Å². The number of rotatable bonds is 3. The number of hydrogen-bond acceptors (Lipinski definition) is 2. The zero-order chi connectivity index (χ0) is 25.1. The molecule has 0 unspecified atom stereocenters. The SMILES string of the molecule is c1cc(-c2ccc3sc4ccccc4c3n2)cc(-c2ccccc2-n2c3ccccc3c3ccccc32)c1. The lowest BCUT2D eigenvalue weighted by Crippen LogP contribution is -1.97. The molecule has 0 atom stereocenters. The highest BCUT2D eigenvalue weighted by molar-refractivity contribution is 7.25. The van der Waals surface area contributed by atoms with E-state index in [-0.39, 0.29) is 0 Å². The molecule has 0 radical (unpaired) electrons. The van der Waals surface area contributed by atoms with E-state index < -0.39 is 0 Å². The number of aromatic nitrogens is 2. The summed E-state index contributed by atoms with van der Waals surface area (Å²) in [5.41, 5.74) is 9.19. The quantitative estimate of drug-likeness (QED) is 0.235. The van der Waals surface area contributed by atoms with Crippen molar-refractivity contribution in [1.29, 1.82) is 0 Å². The molecule has 0 aliphatic rings. The summed E-state index contributed by atoms with van der Waals surface area (Å²) in [7, 11) is 0. The van der Waals surface area contributed by atoms with Gasteiger partial charge in [-0.15, -0.1) is 11.3 Å². The topological polar surface area (TPSA) is 17.8 Å². The van der Waals surface area contributed by atoms with Gasteiger partial charge in [0.1, 0.15) is 0 Å². The van der Waals surface area contributed by atoms with Crippen LogP contribution < -0.4 is 0 Å². The van der Waals surface area contributed by atoms with Crippen LogP contribution in [0.5, 0.6) is 0 Å². The highest BCUT2D eigenvalue weighted by Gasteiger charge is 2.15. The maximum atomic E-state index is 5.13. The number of nitrogens with zero attached hydrogens (tertiary/aromatic N) is 2. The molecule has 8 rings (SSSR count). The normalized spacial score (nSPS) is 11.7. The van der Waals surface area contributed by atoms with Crippen molar-refractivity contribution in [3.05, 3.63) is 133 Å². The van der Waals surface area contributed by atoms with Gasteiger partial charge in [0, 0.05) is 32.0 Å². The van der Waals surface area contributed by atoms with Gasteiger partial charge >= 0.3 is 0 Å². The Hall–Kier alpha value is -4.73. The molecule has 0 aliphatic heterocycles. The largest absolute Gasteiger partial charge is 0.309 e. The van der Waals surface area contributed by atoms with Crippen LogP contribution in [0.4, 0.5) is 0 Å². The first-order valence-corrected chi connectivity index (χ1v) is 13.6. The molecule has 38 heavy (non-hydrogen) atoms. The van der Waals surface area contributed by atoms with Gasteiger partial charge in [-0.25, -0.2) is 4.98 Å². The van der Waals surface area contributed by atoms with E-state index in [2.05, 4.69) is 138 Å². The summed E-state index contributed by atoms with van der Waals surface area (Å²) in [5, 5.41) is 3.77. The molecule has 2 nitrogen and oxygen atoms in total. The Morgan fingerprint density at radius 1 is 0.500 bits per heavy atom. The van der Waals surface area contributed by atoms with E-state index in [9.17, 15) is 0 Å². The van der Waals surface area contributed by atoms with Crippen molar-refractivity contribution < 1.29 is 0 Å². The molecule has 178 valence electrons. The summed E-state index contributed by atoms with van der Waals surface area (Å²) < 4.78 is 4.90. The van der Waals surface area contributed by atoms with Gasteiger partial charge in [-0.2, -0.15) is 0 Å². The molecule has 3 heteroatoms. The van der Waals surface area contributed by atoms with Crippen molar-refractivity contribution in [3.8, 4) is 28.1 Å². The Kier molecular flexibility index (Phi) is 4.73. The highest BCUT2D eigenvalue weighted by atomic mass is 32.1. The van der Waals surface area contributed by atoms with Gasteiger partial charge in [-0.1, -0.05) is 91.0 Å². The fourth-order valence-corrected chi connectivity index (χ4v) is 6.74. The van der Waals surface area contributed by atoms with Crippen LogP contribution in [-0.2, 0) is 0 Å². The average Bonchev–Trinajstić information content (AvgIpc) is 3.53. The van der Waals surface area contributed by atoms with E-state index in [1.807, 2.05) is 0 Å². The van der Waals surface area contributed by atoms with Gasteiger partial charge in [0.2, 0.25) is 0 Å². The third kappa shape index (κ3) is 3.22. The molecule has 3 heterocycles. The van der Waals surface area contributed by atoms with E-state index in [4.69, 9.17) is 4.98 Å². The molecular formula is C35H22N2S. The fraction of sp³-hybridized carbons (Fsp3) is 0. The van der Waals surface area contributed by atoms with Gasteiger partial charge in [-0.3, -0.25) is 0 Å². The van der Waals surface area contributed by atoms with Crippen molar-refractivity contribution in [1.82, 2.24) is 9.55 Å². The van der Waals surface area contributed by atoms with Crippen LogP contribution in [-0.4, -0.2) is 9.55 Å². The maximum absolute atomic E-state index is 5.13.